The quantitative estimate of drug-likeness (QED) is 0.905. The fourth-order valence-corrected chi connectivity index (χ4v) is 1.85. The molecule has 1 N–H and O–H groups in total. The number of carbonyl (C=O) groups is 1. The van der Waals surface area contributed by atoms with E-state index in [1.165, 1.54) is 25.3 Å². The summed E-state index contributed by atoms with van der Waals surface area (Å²) in [7, 11) is 1.31. The molecular weight excluding hydrogens is 277 g/mol. The van der Waals surface area contributed by atoms with Crippen LogP contribution < -0.4 is 4.74 Å². The second-order valence-electron chi connectivity index (χ2n) is 4.29. The highest BCUT2D eigenvalue weighted by Crippen LogP contribution is 2.52. The van der Waals surface area contributed by atoms with Crippen LogP contribution in [0.15, 0.2) is 28.4 Å². The van der Waals surface area contributed by atoms with E-state index >= 15 is 0 Å². The molecule has 20 heavy (non-hydrogen) atoms. The predicted octanol–water partition coefficient (Wildman–Crippen LogP) is 2.89. The van der Waals surface area contributed by atoms with Gasteiger partial charge in [-0.15, -0.1) is 10.2 Å². The topological polar surface area (TPSA) is 71.2 Å². The van der Waals surface area contributed by atoms with Gasteiger partial charge in [0, 0.05) is 12.0 Å². The predicted molar refractivity (Wildman–Crippen MR) is 61.5 cm³/mol. The largest absolute Gasteiger partial charge is 0.496 e. The molecule has 0 spiro atoms. The minimum absolute atomic E-state index is 0.130. The lowest BCUT2D eigenvalue weighted by Crippen LogP contribution is -2.30. The second kappa shape index (κ2) is 4.77. The van der Waals surface area contributed by atoms with Gasteiger partial charge in [0.1, 0.15) is 5.75 Å². The molecule has 1 aliphatic heterocycles. The number of aryl methyl sites for hydroxylation is 1. The van der Waals surface area contributed by atoms with Crippen LogP contribution >= 0.6 is 0 Å². The number of hydrogen-bond acceptors (Lipinski definition) is 4. The summed E-state index contributed by atoms with van der Waals surface area (Å²) in [6.07, 6.45) is -4.55. The number of rotatable bonds is 5. The standard InChI is InChI=1S/C12H11F3N2O3/c1-20-9-6-8(11(16-17-11)12(13,14)15)4-2-7(9)3-5-10(18)19/h2,4,6H,3,5H2,1H3,(H,18,19). The molecule has 0 aliphatic carbocycles. The van der Waals surface area contributed by atoms with E-state index in [0.29, 0.717) is 5.56 Å². The Balaban J connectivity index is 2.28. The third-order valence-corrected chi connectivity index (χ3v) is 2.99. The van der Waals surface area contributed by atoms with Gasteiger partial charge in [-0.3, -0.25) is 4.79 Å². The van der Waals surface area contributed by atoms with Crippen molar-refractivity contribution in [2.24, 2.45) is 10.2 Å². The molecule has 8 heteroatoms. The van der Waals surface area contributed by atoms with Gasteiger partial charge in [0.25, 0.3) is 0 Å². The zero-order chi connectivity index (χ0) is 15.0. The third-order valence-electron chi connectivity index (χ3n) is 2.99. The van der Waals surface area contributed by atoms with Crippen molar-refractivity contribution in [1.82, 2.24) is 0 Å². The van der Waals surface area contributed by atoms with Gasteiger partial charge in [-0.05, 0) is 18.1 Å². The molecule has 1 heterocycles. The van der Waals surface area contributed by atoms with Crippen LogP contribution in [-0.2, 0) is 16.9 Å². The van der Waals surface area contributed by atoms with Crippen LogP contribution in [0.5, 0.6) is 5.75 Å². The van der Waals surface area contributed by atoms with Gasteiger partial charge in [-0.25, -0.2) is 0 Å². The van der Waals surface area contributed by atoms with Gasteiger partial charge < -0.3 is 9.84 Å². The Morgan fingerprint density at radius 3 is 2.50 bits per heavy atom. The molecule has 1 aromatic rings. The Labute approximate surface area is 112 Å². The van der Waals surface area contributed by atoms with Crippen LogP contribution in [0.4, 0.5) is 13.2 Å². The SMILES string of the molecule is COc1cc(C2(C(F)(F)F)N=N2)ccc1CCC(=O)O. The zero-order valence-electron chi connectivity index (χ0n) is 10.4. The fraction of sp³-hybridized carbons (Fsp3) is 0.417. The Bertz CT molecular complexity index is 564. The molecule has 0 radical (unpaired) electrons. The molecule has 1 aromatic carbocycles. The molecule has 5 nitrogen and oxygen atoms in total. The molecule has 0 bridgehead atoms. The summed E-state index contributed by atoms with van der Waals surface area (Å²) >= 11 is 0. The van der Waals surface area contributed by atoms with Crippen molar-refractivity contribution in [1.29, 1.82) is 0 Å². The third kappa shape index (κ3) is 2.45. The minimum atomic E-state index is -4.60. The highest BCUT2D eigenvalue weighted by atomic mass is 19.4. The van der Waals surface area contributed by atoms with E-state index in [0.717, 1.165) is 0 Å². The maximum absolute atomic E-state index is 12.9. The van der Waals surface area contributed by atoms with Gasteiger partial charge >= 0.3 is 17.8 Å². The van der Waals surface area contributed by atoms with Gasteiger partial charge in [-0.1, -0.05) is 12.1 Å². The van der Waals surface area contributed by atoms with E-state index in [2.05, 4.69) is 10.2 Å². The van der Waals surface area contributed by atoms with Gasteiger partial charge in [0.15, 0.2) is 0 Å². The number of nitrogens with zero attached hydrogens (tertiary/aromatic N) is 2. The lowest BCUT2D eigenvalue weighted by atomic mass is 9.99. The lowest BCUT2D eigenvalue weighted by molar-refractivity contribution is -0.166. The lowest BCUT2D eigenvalue weighted by Gasteiger charge is -2.16. The van der Waals surface area contributed by atoms with Crippen molar-refractivity contribution in [3.8, 4) is 5.75 Å². The average Bonchev–Trinajstić information content (AvgIpc) is 3.16. The minimum Gasteiger partial charge on any atom is -0.496 e. The first-order chi connectivity index (χ1) is 9.30. The smallest absolute Gasteiger partial charge is 0.442 e. The van der Waals surface area contributed by atoms with E-state index in [-0.39, 0.29) is 24.2 Å². The van der Waals surface area contributed by atoms with Crippen LogP contribution in [0.1, 0.15) is 17.5 Å². The Morgan fingerprint density at radius 1 is 1.40 bits per heavy atom. The second-order valence-corrected chi connectivity index (χ2v) is 4.29. The zero-order valence-corrected chi connectivity index (χ0v) is 10.4. The summed E-state index contributed by atoms with van der Waals surface area (Å²) in [6, 6.07) is 3.85. The number of halogens is 3. The van der Waals surface area contributed by atoms with Crippen molar-refractivity contribution in [2.45, 2.75) is 24.7 Å². The van der Waals surface area contributed by atoms with E-state index < -0.39 is 17.8 Å². The van der Waals surface area contributed by atoms with Crippen LogP contribution in [0, 0.1) is 0 Å². The highest BCUT2D eigenvalue weighted by molar-refractivity contribution is 5.67. The number of carboxylic acid groups (broad SMARTS) is 1. The summed E-state index contributed by atoms with van der Waals surface area (Å²) in [6.45, 7) is 0. The van der Waals surface area contributed by atoms with Crippen molar-refractivity contribution >= 4 is 5.97 Å². The summed E-state index contributed by atoms with van der Waals surface area (Å²) < 4.78 is 43.6. The maximum atomic E-state index is 12.9. The van der Waals surface area contributed by atoms with Crippen LogP contribution in [-0.4, -0.2) is 24.4 Å². The highest BCUT2D eigenvalue weighted by Gasteiger charge is 2.65. The first kappa shape index (κ1) is 14.3. The maximum Gasteiger partial charge on any atom is 0.442 e. The molecule has 0 aromatic heterocycles. The molecular formula is C12H11F3N2O3. The Morgan fingerprint density at radius 2 is 2.05 bits per heavy atom. The molecule has 2 rings (SSSR count). The van der Waals surface area contributed by atoms with Crippen LogP contribution in [0.3, 0.4) is 0 Å². The fourth-order valence-electron chi connectivity index (χ4n) is 1.85. The normalized spacial score (nSPS) is 16.0. The number of methoxy groups -OCH3 is 1. The first-order valence-corrected chi connectivity index (χ1v) is 5.70. The van der Waals surface area contributed by atoms with E-state index in [1.54, 1.807) is 0 Å². The number of hydrogen-bond donors (Lipinski definition) is 1. The summed E-state index contributed by atoms with van der Waals surface area (Å²) in [5.41, 5.74) is -2.11. The van der Waals surface area contributed by atoms with Crippen molar-refractivity contribution in [3.05, 3.63) is 29.3 Å². The van der Waals surface area contributed by atoms with Crippen LogP contribution in [0.25, 0.3) is 0 Å². The average molecular weight is 288 g/mol. The Kier molecular flexibility index (Phi) is 3.41. The molecule has 0 fully saturated rings. The van der Waals surface area contributed by atoms with Gasteiger partial charge in [0.05, 0.1) is 7.11 Å². The molecule has 1 aliphatic rings. The number of alkyl halides is 3. The van der Waals surface area contributed by atoms with E-state index in [4.69, 9.17) is 9.84 Å². The van der Waals surface area contributed by atoms with E-state index in [9.17, 15) is 18.0 Å². The molecule has 0 saturated heterocycles. The monoisotopic (exact) mass is 288 g/mol. The number of ether oxygens (including phenoxy) is 1. The number of aliphatic carboxylic acids is 1. The van der Waals surface area contributed by atoms with Crippen molar-refractivity contribution in [2.75, 3.05) is 7.11 Å². The van der Waals surface area contributed by atoms with Gasteiger partial charge in [0.2, 0.25) is 0 Å². The molecule has 0 unspecified atom stereocenters. The number of benzene rings is 1. The van der Waals surface area contributed by atoms with Crippen molar-refractivity contribution in [3.63, 3.8) is 0 Å². The van der Waals surface area contributed by atoms with E-state index in [1.807, 2.05) is 0 Å². The van der Waals surface area contributed by atoms with Crippen LogP contribution in [0.2, 0.25) is 0 Å². The molecule has 0 atom stereocenters. The summed E-state index contributed by atoms with van der Waals surface area (Å²) in [4.78, 5) is 10.5. The Hall–Kier alpha value is -2.12. The van der Waals surface area contributed by atoms with Gasteiger partial charge in [-0.2, -0.15) is 13.2 Å². The summed E-state index contributed by atoms with van der Waals surface area (Å²) in [5, 5.41) is 14.8. The molecule has 0 amide bonds. The molecule has 108 valence electrons. The van der Waals surface area contributed by atoms with Crippen molar-refractivity contribution < 1.29 is 27.8 Å². The molecule has 0 saturated carbocycles. The first-order valence-electron chi connectivity index (χ1n) is 5.70. The summed E-state index contributed by atoms with van der Waals surface area (Å²) in [5.74, 6) is -0.792. The number of carboxylic acids is 1.